The van der Waals surface area contributed by atoms with Gasteiger partial charge in [0.2, 0.25) is 10.0 Å². The number of aryl methyl sites for hydroxylation is 2. The molecule has 0 spiro atoms. The van der Waals surface area contributed by atoms with Crippen LogP contribution in [-0.2, 0) is 19.6 Å². The Morgan fingerprint density at radius 1 is 1.11 bits per heavy atom. The second-order valence-electron chi connectivity index (χ2n) is 6.20. The summed E-state index contributed by atoms with van der Waals surface area (Å²) in [7, 11) is -2.22. The molecule has 0 radical (unpaired) electrons. The van der Waals surface area contributed by atoms with Gasteiger partial charge >= 0.3 is 0 Å². The first kappa shape index (κ1) is 22.2. The van der Waals surface area contributed by atoms with E-state index in [1.165, 1.54) is 25.3 Å². The second kappa shape index (κ2) is 9.88. The molecule has 2 aromatic carbocycles. The average Bonchev–Trinajstić information content (AvgIpc) is 2.59. The SMILES string of the molecule is COCCNS(=O)(=O)c1ccc(OCC(=O)Nc2cc(C)cc(C)c2)c(Cl)c1. The third kappa shape index (κ3) is 6.49. The van der Waals surface area contributed by atoms with Gasteiger partial charge in [-0.05, 0) is 55.3 Å². The quantitative estimate of drug-likeness (QED) is 0.601. The Kier molecular flexibility index (Phi) is 7.82. The van der Waals surface area contributed by atoms with Crippen LogP contribution in [0.2, 0.25) is 5.02 Å². The summed E-state index contributed by atoms with van der Waals surface area (Å²) in [6.45, 7) is 4.03. The molecule has 152 valence electrons. The Morgan fingerprint density at radius 3 is 2.39 bits per heavy atom. The third-order valence-electron chi connectivity index (χ3n) is 3.68. The third-order valence-corrected chi connectivity index (χ3v) is 5.43. The predicted molar refractivity (Wildman–Crippen MR) is 109 cm³/mol. The number of nitrogens with one attached hydrogen (secondary N) is 2. The molecule has 0 atom stereocenters. The van der Waals surface area contributed by atoms with Gasteiger partial charge in [0.25, 0.3) is 5.91 Å². The molecule has 9 heteroatoms. The van der Waals surface area contributed by atoms with Crippen LogP contribution < -0.4 is 14.8 Å². The molecule has 0 aliphatic rings. The van der Waals surface area contributed by atoms with E-state index in [0.717, 1.165) is 11.1 Å². The van der Waals surface area contributed by atoms with Crippen LogP contribution in [0, 0.1) is 13.8 Å². The highest BCUT2D eigenvalue weighted by Crippen LogP contribution is 2.27. The summed E-state index contributed by atoms with van der Waals surface area (Å²) in [6.07, 6.45) is 0. The topological polar surface area (TPSA) is 93.7 Å². The Balaban J connectivity index is 1.98. The van der Waals surface area contributed by atoms with E-state index in [0.29, 0.717) is 5.69 Å². The number of hydrogen-bond donors (Lipinski definition) is 2. The summed E-state index contributed by atoms with van der Waals surface area (Å²) in [5, 5.41) is 2.84. The minimum Gasteiger partial charge on any atom is -0.482 e. The van der Waals surface area contributed by atoms with Crippen molar-refractivity contribution in [3.05, 3.63) is 52.5 Å². The van der Waals surface area contributed by atoms with E-state index >= 15 is 0 Å². The van der Waals surface area contributed by atoms with Crippen molar-refractivity contribution in [1.82, 2.24) is 4.72 Å². The van der Waals surface area contributed by atoms with Gasteiger partial charge in [0.05, 0.1) is 16.5 Å². The lowest BCUT2D eigenvalue weighted by Gasteiger charge is -2.11. The van der Waals surface area contributed by atoms with E-state index < -0.39 is 10.0 Å². The van der Waals surface area contributed by atoms with Gasteiger partial charge in [-0.3, -0.25) is 4.79 Å². The fourth-order valence-corrected chi connectivity index (χ4v) is 3.85. The van der Waals surface area contributed by atoms with Crippen LogP contribution in [0.25, 0.3) is 0 Å². The molecular weight excluding hydrogens is 404 g/mol. The van der Waals surface area contributed by atoms with Crippen molar-refractivity contribution < 1.29 is 22.7 Å². The molecule has 2 rings (SSSR count). The molecule has 0 saturated carbocycles. The van der Waals surface area contributed by atoms with Gasteiger partial charge < -0.3 is 14.8 Å². The smallest absolute Gasteiger partial charge is 0.262 e. The maximum Gasteiger partial charge on any atom is 0.262 e. The zero-order valence-electron chi connectivity index (χ0n) is 15.9. The van der Waals surface area contributed by atoms with Gasteiger partial charge in [0.1, 0.15) is 5.75 Å². The number of hydrogen-bond acceptors (Lipinski definition) is 5. The van der Waals surface area contributed by atoms with E-state index in [1.54, 1.807) is 0 Å². The lowest BCUT2D eigenvalue weighted by Crippen LogP contribution is -2.27. The Labute approximate surface area is 170 Å². The molecule has 0 saturated heterocycles. The maximum absolute atomic E-state index is 12.2. The average molecular weight is 427 g/mol. The molecule has 2 aromatic rings. The second-order valence-corrected chi connectivity index (χ2v) is 8.37. The predicted octanol–water partition coefficient (Wildman–Crippen LogP) is 2.90. The molecule has 0 aliphatic carbocycles. The first-order valence-electron chi connectivity index (χ1n) is 8.50. The lowest BCUT2D eigenvalue weighted by molar-refractivity contribution is -0.118. The Morgan fingerprint density at radius 2 is 1.79 bits per heavy atom. The van der Waals surface area contributed by atoms with Crippen molar-refractivity contribution >= 4 is 33.2 Å². The van der Waals surface area contributed by atoms with E-state index in [1.807, 2.05) is 32.0 Å². The standard InChI is InChI=1S/C19H23ClN2O5S/c1-13-8-14(2)10-15(9-13)22-19(23)12-27-18-5-4-16(11-17(18)20)28(24,25)21-6-7-26-3/h4-5,8-11,21H,6-7,12H2,1-3H3,(H,22,23). The fourth-order valence-electron chi connectivity index (χ4n) is 2.51. The highest BCUT2D eigenvalue weighted by Gasteiger charge is 2.16. The van der Waals surface area contributed by atoms with Crippen molar-refractivity contribution in [3.63, 3.8) is 0 Å². The highest BCUT2D eigenvalue weighted by molar-refractivity contribution is 7.89. The van der Waals surface area contributed by atoms with Crippen molar-refractivity contribution in [2.45, 2.75) is 18.7 Å². The van der Waals surface area contributed by atoms with Crippen LogP contribution in [0.3, 0.4) is 0 Å². The molecule has 0 unspecified atom stereocenters. The monoisotopic (exact) mass is 426 g/mol. The number of carbonyl (C=O) groups excluding carboxylic acids is 1. The number of benzene rings is 2. The fraction of sp³-hybridized carbons (Fsp3) is 0.316. The molecule has 28 heavy (non-hydrogen) atoms. The number of carbonyl (C=O) groups is 1. The zero-order chi connectivity index (χ0) is 20.7. The summed E-state index contributed by atoms with van der Waals surface area (Å²) in [4.78, 5) is 12.1. The Hall–Kier alpha value is -2.13. The molecule has 0 heterocycles. The first-order valence-corrected chi connectivity index (χ1v) is 10.4. The first-order chi connectivity index (χ1) is 13.2. The maximum atomic E-state index is 12.2. The molecule has 1 amide bonds. The van der Waals surface area contributed by atoms with Crippen molar-refractivity contribution in [3.8, 4) is 5.75 Å². The van der Waals surface area contributed by atoms with Crippen LogP contribution in [0.5, 0.6) is 5.75 Å². The molecule has 2 N–H and O–H groups in total. The van der Waals surface area contributed by atoms with Crippen LogP contribution in [0.1, 0.15) is 11.1 Å². The summed E-state index contributed by atoms with van der Waals surface area (Å²) in [5.41, 5.74) is 2.76. The van der Waals surface area contributed by atoms with Gasteiger partial charge in [-0.1, -0.05) is 17.7 Å². The number of halogens is 1. The van der Waals surface area contributed by atoms with Crippen LogP contribution in [-0.4, -0.2) is 41.2 Å². The van der Waals surface area contributed by atoms with Crippen LogP contribution in [0.15, 0.2) is 41.3 Å². The van der Waals surface area contributed by atoms with E-state index in [9.17, 15) is 13.2 Å². The number of methoxy groups -OCH3 is 1. The van der Waals surface area contributed by atoms with E-state index in [-0.39, 0.29) is 41.3 Å². The normalized spacial score (nSPS) is 11.3. The van der Waals surface area contributed by atoms with E-state index in [2.05, 4.69) is 10.0 Å². The van der Waals surface area contributed by atoms with Crippen molar-refractivity contribution in [2.75, 3.05) is 32.2 Å². The van der Waals surface area contributed by atoms with Crippen molar-refractivity contribution in [2.24, 2.45) is 0 Å². The Bertz CT molecular complexity index is 927. The van der Waals surface area contributed by atoms with Gasteiger partial charge in [-0.25, -0.2) is 13.1 Å². The van der Waals surface area contributed by atoms with Crippen molar-refractivity contribution in [1.29, 1.82) is 0 Å². The lowest BCUT2D eigenvalue weighted by atomic mass is 10.1. The van der Waals surface area contributed by atoms with Gasteiger partial charge in [0, 0.05) is 19.3 Å². The number of ether oxygens (including phenoxy) is 2. The van der Waals surface area contributed by atoms with Gasteiger partial charge in [-0.15, -0.1) is 0 Å². The van der Waals surface area contributed by atoms with Gasteiger partial charge in [0.15, 0.2) is 6.61 Å². The summed E-state index contributed by atoms with van der Waals surface area (Å²) >= 11 is 6.11. The number of sulfonamides is 1. The summed E-state index contributed by atoms with van der Waals surface area (Å²) in [5.74, 6) is -0.132. The molecule has 0 fully saturated rings. The molecule has 0 bridgehead atoms. The molecule has 0 aromatic heterocycles. The molecular formula is C19H23ClN2O5S. The van der Waals surface area contributed by atoms with Crippen LogP contribution in [0.4, 0.5) is 5.69 Å². The summed E-state index contributed by atoms with van der Waals surface area (Å²) < 4.78 is 37.0. The number of anilines is 1. The van der Waals surface area contributed by atoms with E-state index in [4.69, 9.17) is 21.1 Å². The number of amides is 1. The highest BCUT2D eigenvalue weighted by atomic mass is 35.5. The molecule has 0 aliphatic heterocycles. The van der Waals surface area contributed by atoms with Crippen LogP contribution >= 0.6 is 11.6 Å². The minimum absolute atomic E-state index is 0.000593. The minimum atomic E-state index is -3.70. The zero-order valence-corrected chi connectivity index (χ0v) is 17.5. The van der Waals surface area contributed by atoms with Gasteiger partial charge in [-0.2, -0.15) is 0 Å². The largest absolute Gasteiger partial charge is 0.482 e. The summed E-state index contributed by atoms with van der Waals surface area (Å²) in [6, 6.07) is 9.76. The number of rotatable bonds is 9. The molecule has 7 nitrogen and oxygen atoms in total.